The highest BCUT2D eigenvalue weighted by molar-refractivity contribution is 5.84. The number of ether oxygens (including phenoxy) is 1. The number of halogens is 3. The number of nitrogens with zero attached hydrogens (tertiary/aromatic N) is 5. The predicted molar refractivity (Wildman–Crippen MR) is 115 cm³/mol. The van der Waals surface area contributed by atoms with Crippen LogP contribution in [0.5, 0.6) is 5.88 Å². The van der Waals surface area contributed by atoms with Crippen molar-refractivity contribution in [1.82, 2.24) is 24.0 Å². The smallest absolute Gasteiger partial charge is 0.280 e. The van der Waals surface area contributed by atoms with Gasteiger partial charge in [0.1, 0.15) is 11.2 Å². The number of imidazole rings is 1. The predicted octanol–water partition coefficient (Wildman–Crippen LogP) is 4.23. The van der Waals surface area contributed by atoms with Crippen molar-refractivity contribution in [3.63, 3.8) is 0 Å². The molecule has 0 aromatic carbocycles. The first kappa shape index (κ1) is 21.5. The molecule has 0 radical (unpaired) electrons. The average molecular weight is 460 g/mol. The number of hydrogen-bond acceptors (Lipinski definition) is 6. The van der Waals surface area contributed by atoms with Gasteiger partial charge in [0, 0.05) is 29.6 Å². The van der Waals surface area contributed by atoms with Gasteiger partial charge in [0.25, 0.3) is 6.43 Å². The van der Waals surface area contributed by atoms with Crippen LogP contribution in [0.2, 0.25) is 0 Å². The quantitative estimate of drug-likeness (QED) is 0.463. The maximum Gasteiger partial charge on any atom is 0.280 e. The number of nitrogens with one attached hydrogen (secondary N) is 1. The van der Waals surface area contributed by atoms with Crippen LogP contribution in [0.3, 0.4) is 0 Å². The Hall–Kier alpha value is -3.34. The molecular weight excluding hydrogens is 437 g/mol. The van der Waals surface area contributed by atoms with Crippen LogP contribution in [-0.4, -0.2) is 47.8 Å². The molecule has 0 unspecified atom stereocenters. The van der Waals surface area contributed by atoms with Crippen molar-refractivity contribution in [1.29, 1.82) is 0 Å². The molecule has 174 valence electrons. The zero-order valence-electron chi connectivity index (χ0n) is 18.1. The molecule has 0 aliphatic heterocycles. The number of pyridine rings is 1. The summed E-state index contributed by atoms with van der Waals surface area (Å²) in [7, 11) is 1.47. The normalized spacial score (nSPS) is 21.2. The molecule has 5 rings (SSSR count). The summed E-state index contributed by atoms with van der Waals surface area (Å²) in [6.45, 7) is 1.84. The van der Waals surface area contributed by atoms with E-state index in [1.54, 1.807) is 16.8 Å². The van der Waals surface area contributed by atoms with E-state index < -0.39 is 23.5 Å². The molecule has 0 bridgehead atoms. The molecule has 0 amide bonds. The Morgan fingerprint density at radius 2 is 2.06 bits per heavy atom. The molecule has 1 aliphatic rings. The monoisotopic (exact) mass is 460 g/mol. The van der Waals surface area contributed by atoms with E-state index in [9.17, 15) is 18.3 Å². The SMILES string of the molecule is COc1nc(NC2CCC(C)(O)CC2)nn2ccc(-c3cc(F)c4ncc(C(F)F)n4c3)c12. The molecule has 2 N–H and O–H groups in total. The third-order valence-electron chi connectivity index (χ3n) is 6.19. The number of aromatic nitrogens is 5. The van der Waals surface area contributed by atoms with E-state index in [2.05, 4.69) is 20.4 Å². The van der Waals surface area contributed by atoms with E-state index in [0.29, 0.717) is 35.4 Å². The van der Waals surface area contributed by atoms with Crippen LogP contribution in [-0.2, 0) is 0 Å². The van der Waals surface area contributed by atoms with E-state index in [1.807, 2.05) is 6.92 Å². The number of methoxy groups -OCH3 is 1. The summed E-state index contributed by atoms with van der Waals surface area (Å²) in [6, 6.07) is 3.06. The molecule has 4 aromatic heterocycles. The summed E-state index contributed by atoms with van der Waals surface area (Å²) in [5, 5.41) is 17.9. The van der Waals surface area contributed by atoms with Crippen LogP contribution < -0.4 is 10.1 Å². The number of hydrogen-bond donors (Lipinski definition) is 2. The van der Waals surface area contributed by atoms with Gasteiger partial charge in [-0.2, -0.15) is 4.98 Å². The second-order valence-corrected chi connectivity index (χ2v) is 8.64. The highest BCUT2D eigenvalue weighted by atomic mass is 19.3. The van der Waals surface area contributed by atoms with Gasteiger partial charge in [0.2, 0.25) is 11.8 Å². The Bertz CT molecular complexity index is 1320. The van der Waals surface area contributed by atoms with E-state index in [0.717, 1.165) is 23.4 Å². The molecule has 0 atom stereocenters. The fraction of sp³-hybridized carbons (Fsp3) is 0.409. The van der Waals surface area contributed by atoms with E-state index in [1.165, 1.54) is 19.4 Å². The van der Waals surface area contributed by atoms with Gasteiger partial charge in [0.05, 0.1) is 18.9 Å². The van der Waals surface area contributed by atoms with Crippen LogP contribution in [0.25, 0.3) is 22.3 Å². The molecule has 4 heterocycles. The molecule has 0 spiro atoms. The number of aliphatic hydroxyl groups is 1. The van der Waals surface area contributed by atoms with Crippen molar-refractivity contribution in [2.75, 3.05) is 12.4 Å². The van der Waals surface area contributed by atoms with Gasteiger partial charge in [0.15, 0.2) is 11.5 Å². The van der Waals surface area contributed by atoms with Gasteiger partial charge in [-0.05, 0) is 44.7 Å². The van der Waals surface area contributed by atoms with Crippen LogP contribution in [0.4, 0.5) is 19.1 Å². The minimum Gasteiger partial charge on any atom is -0.479 e. The van der Waals surface area contributed by atoms with Crippen LogP contribution in [0.1, 0.15) is 44.7 Å². The molecule has 1 fully saturated rings. The lowest BCUT2D eigenvalue weighted by Gasteiger charge is -2.33. The lowest BCUT2D eigenvalue weighted by Crippen LogP contribution is -2.36. The summed E-state index contributed by atoms with van der Waals surface area (Å²) in [5.41, 5.74) is 0.161. The largest absolute Gasteiger partial charge is 0.479 e. The lowest BCUT2D eigenvalue weighted by atomic mass is 9.84. The summed E-state index contributed by atoms with van der Waals surface area (Å²) < 4.78 is 49.4. The van der Waals surface area contributed by atoms with Gasteiger partial charge < -0.3 is 15.2 Å². The van der Waals surface area contributed by atoms with Crippen molar-refractivity contribution in [3.05, 3.63) is 42.2 Å². The maximum absolute atomic E-state index is 14.7. The zero-order valence-corrected chi connectivity index (χ0v) is 18.1. The van der Waals surface area contributed by atoms with E-state index in [-0.39, 0.29) is 17.6 Å². The first-order valence-corrected chi connectivity index (χ1v) is 10.6. The van der Waals surface area contributed by atoms with Crippen LogP contribution in [0.15, 0.2) is 30.7 Å². The van der Waals surface area contributed by atoms with Gasteiger partial charge in [-0.1, -0.05) is 0 Å². The Morgan fingerprint density at radius 1 is 1.30 bits per heavy atom. The second kappa shape index (κ2) is 7.91. The number of anilines is 1. The topological polar surface area (TPSA) is 89.0 Å². The Labute approximate surface area is 187 Å². The van der Waals surface area contributed by atoms with E-state index in [4.69, 9.17) is 4.74 Å². The van der Waals surface area contributed by atoms with Gasteiger partial charge in [-0.3, -0.25) is 4.40 Å². The highest BCUT2D eigenvalue weighted by Gasteiger charge is 2.29. The van der Waals surface area contributed by atoms with Crippen molar-refractivity contribution < 1.29 is 23.0 Å². The first-order chi connectivity index (χ1) is 15.8. The first-order valence-electron chi connectivity index (χ1n) is 10.6. The van der Waals surface area contributed by atoms with Gasteiger partial charge in [-0.25, -0.2) is 22.7 Å². The average Bonchev–Trinajstić information content (AvgIpc) is 3.39. The van der Waals surface area contributed by atoms with Crippen molar-refractivity contribution in [2.24, 2.45) is 0 Å². The molecule has 1 aliphatic carbocycles. The lowest BCUT2D eigenvalue weighted by molar-refractivity contribution is 0.0195. The minimum absolute atomic E-state index is 0.118. The molecule has 1 saturated carbocycles. The summed E-state index contributed by atoms with van der Waals surface area (Å²) in [4.78, 5) is 8.23. The highest BCUT2D eigenvalue weighted by Crippen LogP contribution is 2.34. The van der Waals surface area contributed by atoms with Crippen molar-refractivity contribution in [2.45, 2.75) is 50.7 Å². The Balaban J connectivity index is 1.54. The molecular formula is C22H23F3N6O2. The van der Waals surface area contributed by atoms with Gasteiger partial charge in [-0.15, -0.1) is 5.10 Å². The fourth-order valence-electron chi connectivity index (χ4n) is 4.37. The molecule has 4 aromatic rings. The molecule has 33 heavy (non-hydrogen) atoms. The third-order valence-corrected chi connectivity index (χ3v) is 6.19. The van der Waals surface area contributed by atoms with E-state index >= 15 is 0 Å². The number of alkyl halides is 2. The summed E-state index contributed by atoms with van der Waals surface area (Å²) >= 11 is 0. The minimum atomic E-state index is -2.80. The maximum atomic E-state index is 14.7. The number of fused-ring (bicyclic) bond motifs is 2. The number of rotatable bonds is 5. The zero-order chi connectivity index (χ0) is 23.3. The standard InChI is InChI=1S/C22H23F3N6O2/c1-22(32)6-3-13(4-7-22)27-21-28-20(33-2)17-14(5-8-31(17)29-21)12-9-15(23)19-26-10-16(18(24)25)30(19)11-12/h5,8-11,13,18,32H,3-4,6-7H2,1-2H3,(H,27,29). The van der Waals surface area contributed by atoms with Crippen molar-refractivity contribution >= 4 is 17.1 Å². The molecule has 0 saturated heterocycles. The summed E-state index contributed by atoms with van der Waals surface area (Å²) in [6.07, 6.45) is 4.19. The molecule has 11 heteroatoms. The Morgan fingerprint density at radius 3 is 2.76 bits per heavy atom. The van der Waals surface area contributed by atoms with Crippen LogP contribution >= 0.6 is 0 Å². The summed E-state index contributed by atoms with van der Waals surface area (Å²) in [5.74, 6) is -0.0927. The third kappa shape index (κ3) is 3.86. The Kier molecular flexibility index (Phi) is 5.15. The van der Waals surface area contributed by atoms with Crippen LogP contribution in [0, 0.1) is 5.82 Å². The van der Waals surface area contributed by atoms with Crippen molar-refractivity contribution in [3.8, 4) is 17.0 Å². The fourth-order valence-corrected chi connectivity index (χ4v) is 4.37. The molecule has 8 nitrogen and oxygen atoms in total. The van der Waals surface area contributed by atoms with Gasteiger partial charge >= 0.3 is 0 Å². The second-order valence-electron chi connectivity index (χ2n) is 8.64.